The fraction of sp³-hybridized carbons (Fsp3) is 0.467. The number of nitrogens with zero attached hydrogens (tertiary/aromatic N) is 3. The van der Waals surface area contributed by atoms with Crippen LogP contribution in [0.5, 0.6) is 5.75 Å². The van der Waals surface area contributed by atoms with E-state index in [1.165, 1.54) is 5.56 Å². The lowest BCUT2D eigenvalue weighted by Gasteiger charge is -2.14. The van der Waals surface area contributed by atoms with Crippen molar-refractivity contribution in [3.63, 3.8) is 0 Å². The van der Waals surface area contributed by atoms with Crippen LogP contribution in [0, 0.1) is 0 Å². The van der Waals surface area contributed by atoms with Gasteiger partial charge in [0.15, 0.2) is 0 Å². The van der Waals surface area contributed by atoms with Gasteiger partial charge in [-0.3, -0.25) is 4.68 Å². The maximum atomic E-state index is 8.80. The van der Waals surface area contributed by atoms with E-state index in [9.17, 15) is 0 Å². The molecule has 1 aromatic heterocycles. The first-order chi connectivity index (χ1) is 10.2. The molecule has 0 amide bonds. The standard InChI is InChI=1S/C15H22N4O2/c1-12(13-5-3-6-15(9-13)21-2)16-10-14-11-19(18-17-14)7-4-8-20/h3,5-6,9,11-12,16,20H,4,7-8,10H2,1-2H3/t12-/m1/s1. The second-order valence-electron chi connectivity index (χ2n) is 4.93. The Morgan fingerprint density at radius 2 is 2.29 bits per heavy atom. The van der Waals surface area contributed by atoms with Crippen LogP contribution in [0.15, 0.2) is 30.5 Å². The number of methoxy groups -OCH3 is 1. The summed E-state index contributed by atoms with van der Waals surface area (Å²) in [4.78, 5) is 0. The third-order valence-corrected chi connectivity index (χ3v) is 3.31. The number of rotatable bonds is 8. The van der Waals surface area contributed by atoms with Gasteiger partial charge in [0, 0.05) is 31.9 Å². The molecular weight excluding hydrogens is 268 g/mol. The number of benzene rings is 1. The Kier molecular flexibility index (Phi) is 5.71. The molecule has 21 heavy (non-hydrogen) atoms. The average Bonchev–Trinajstić information content (AvgIpc) is 2.98. The Labute approximate surface area is 124 Å². The molecule has 0 aliphatic carbocycles. The van der Waals surface area contributed by atoms with Crippen LogP contribution >= 0.6 is 0 Å². The van der Waals surface area contributed by atoms with Gasteiger partial charge in [0.25, 0.3) is 0 Å². The van der Waals surface area contributed by atoms with Gasteiger partial charge in [-0.05, 0) is 31.0 Å². The van der Waals surface area contributed by atoms with Gasteiger partial charge >= 0.3 is 0 Å². The lowest BCUT2D eigenvalue weighted by Crippen LogP contribution is -2.18. The van der Waals surface area contributed by atoms with E-state index in [4.69, 9.17) is 9.84 Å². The molecule has 6 heteroatoms. The summed E-state index contributed by atoms with van der Waals surface area (Å²) in [5.74, 6) is 0.857. The summed E-state index contributed by atoms with van der Waals surface area (Å²) in [6.07, 6.45) is 2.59. The van der Waals surface area contributed by atoms with E-state index in [1.807, 2.05) is 24.4 Å². The number of aliphatic hydroxyl groups excluding tert-OH is 1. The van der Waals surface area contributed by atoms with E-state index in [2.05, 4.69) is 28.6 Å². The molecule has 0 aliphatic heterocycles. The van der Waals surface area contributed by atoms with Gasteiger partial charge in [-0.2, -0.15) is 0 Å². The van der Waals surface area contributed by atoms with Crippen molar-refractivity contribution in [2.24, 2.45) is 0 Å². The number of nitrogens with one attached hydrogen (secondary N) is 1. The van der Waals surface area contributed by atoms with Crippen molar-refractivity contribution in [2.45, 2.75) is 32.5 Å². The molecule has 0 aliphatic rings. The van der Waals surface area contributed by atoms with Gasteiger partial charge in [0.2, 0.25) is 0 Å². The molecule has 1 atom stereocenters. The Morgan fingerprint density at radius 1 is 1.43 bits per heavy atom. The number of ether oxygens (including phenoxy) is 1. The molecule has 2 aromatic rings. The molecular formula is C15H22N4O2. The van der Waals surface area contributed by atoms with E-state index in [-0.39, 0.29) is 12.6 Å². The summed E-state index contributed by atoms with van der Waals surface area (Å²) in [6.45, 7) is 3.61. The molecule has 0 bridgehead atoms. The van der Waals surface area contributed by atoms with Crippen molar-refractivity contribution >= 4 is 0 Å². The van der Waals surface area contributed by atoms with Crippen LogP contribution in [-0.2, 0) is 13.1 Å². The van der Waals surface area contributed by atoms with Gasteiger partial charge in [-0.25, -0.2) is 0 Å². The Balaban J connectivity index is 1.88. The normalized spacial score (nSPS) is 12.3. The summed E-state index contributed by atoms with van der Waals surface area (Å²) >= 11 is 0. The number of hydrogen-bond acceptors (Lipinski definition) is 5. The maximum Gasteiger partial charge on any atom is 0.119 e. The van der Waals surface area contributed by atoms with E-state index >= 15 is 0 Å². The van der Waals surface area contributed by atoms with Crippen LogP contribution in [0.4, 0.5) is 0 Å². The second-order valence-corrected chi connectivity index (χ2v) is 4.93. The third-order valence-electron chi connectivity index (χ3n) is 3.31. The number of aliphatic hydroxyl groups is 1. The maximum absolute atomic E-state index is 8.80. The molecule has 2 rings (SSSR count). The highest BCUT2D eigenvalue weighted by atomic mass is 16.5. The van der Waals surface area contributed by atoms with Gasteiger partial charge in [0.1, 0.15) is 5.75 Å². The fourth-order valence-electron chi connectivity index (χ4n) is 2.05. The highest BCUT2D eigenvalue weighted by Crippen LogP contribution is 2.18. The summed E-state index contributed by atoms with van der Waals surface area (Å²) in [5, 5.41) is 20.4. The average molecular weight is 290 g/mol. The van der Waals surface area contributed by atoms with Crippen LogP contribution in [0.3, 0.4) is 0 Å². The molecule has 0 fully saturated rings. The largest absolute Gasteiger partial charge is 0.497 e. The predicted molar refractivity (Wildman–Crippen MR) is 80.0 cm³/mol. The minimum atomic E-state index is 0.167. The Bertz CT molecular complexity index is 556. The number of aromatic nitrogens is 3. The molecule has 114 valence electrons. The number of hydrogen-bond donors (Lipinski definition) is 2. The lowest BCUT2D eigenvalue weighted by molar-refractivity contribution is 0.276. The zero-order chi connectivity index (χ0) is 15.1. The van der Waals surface area contributed by atoms with Crippen molar-refractivity contribution in [3.8, 4) is 5.75 Å². The van der Waals surface area contributed by atoms with E-state index in [0.29, 0.717) is 19.5 Å². The zero-order valence-electron chi connectivity index (χ0n) is 12.5. The van der Waals surface area contributed by atoms with Crippen LogP contribution in [0.2, 0.25) is 0 Å². The minimum absolute atomic E-state index is 0.167. The highest BCUT2D eigenvalue weighted by Gasteiger charge is 2.07. The topological polar surface area (TPSA) is 72.2 Å². The molecule has 2 N–H and O–H groups in total. The zero-order valence-corrected chi connectivity index (χ0v) is 12.5. The van der Waals surface area contributed by atoms with E-state index in [1.54, 1.807) is 11.8 Å². The van der Waals surface area contributed by atoms with Crippen molar-refractivity contribution < 1.29 is 9.84 Å². The summed E-state index contributed by atoms with van der Waals surface area (Å²) in [5.41, 5.74) is 2.06. The van der Waals surface area contributed by atoms with Crippen LogP contribution in [0.25, 0.3) is 0 Å². The van der Waals surface area contributed by atoms with Crippen molar-refractivity contribution in [3.05, 3.63) is 41.7 Å². The summed E-state index contributed by atoms with van der Waals surface area (Å²) < 4.78 is 6.99. The fourth-order valence-corrected chi connectivity index (χ4v) is 2.05. The van der Waals surface area contributed by atoms with Gasteiger partial charge in [0.05, 0.1) is 12.8 Å². The van der Waals surface area contributed by atoms with E-state index < -0.39 is 0 Å². The Hall–Kier alpha value is -1.92. The molecule has 0 radical (unpaired) electrons. The van der Waals surface area contributed by atoms with E-state index in [0.717, 1.165) is 11.4 Å². The van der Waals surface area contributed by atoms with Crippen LogP contribution in [-0.4, -0.2) is 33.8 Å². The lowest BCUT2D eigenvalue weighted by atomic mass is 10.1. The first-order valence-corrected chi connectivity index (χ1v) is 7.10. The van der Waals surface area contributed by atoms with Gasteiger partial charge < -0.3 is 15.2 Å². The molecule has 0 spiro atoms. The molecule has 1 heterocycles. The monoisotopic (exact) mass is 290 g/mol. The summed E-state index contributed by atoms with van der Waals surface area (Å²) in [6, 6.07) is 8.21. The summed E-state index contributed by atoms with van der Waals surface area (Å²) in [7, 11) is 1.67. The molecule has 6 nitrogen and oxygen atoms in total. The predicted octanol–water partition coefficient (Wildman–Crippen LogP) is 1.52. The molecule has 1 aromatic carbocycles. The number of aryl methyl sites for hydroxylation is 1. The van der Waals surface area contributed by atoms with Crippen molar-refractivity contribution in [2.75, 3.05) is 13.7 Å². The highest BCUT2D eigenvalue weighted by molar-refractivity contribution is 5.30. The van der Waals surface area contributed by atoms with Crippen LogP contribution in [0.1, 0.15) is 30.6 Å². The second kappa shape index (κ2) is 7.75. The molecule has 0 unspecified atom stereocenters. The minimum Gasteiger partial charge on any atom is -0.497 e. The first kappa shape index (κ1) is 15.5. The molecule has 0 saturated carbocycles. The van der Waals surface area contributed by atoms with Crippen molar-refractivity contribution in [1.82, 2.24) is 20.3 Å². The molecule has 0 saturated heterocycles. The first-order valence-electron chi connectivity index (χ1n) is 7.10. The van der Waals surface area contributed by atoms with Gasteiger partial charge in [-0.15, -0.1) is 5.10 Å². The third kappa shape index (κ3) is 4.54. The Morgan fingerprint density at radius 3 is 3.05 bits per heavy atom. The van der Waals surface area contributed by atoms with Gasteiger partial charge in [-0.1, -0.05) is 17.3 Å². The quantitative estimate of drug-likeness (QED) is 0.771. The SMILES string of the molecule is COc1cccc([C@@H](C)NCc2cn(CCCO)nn2)c1. The smallest absolute Gasteiger partial charge is 0.119 e. The van der Waals surface area contributed by atoms with Crippen LogP contribution < -0.4 is 10.1 Å². The van der Waals surface area contributed by atoms with Crippen molar-refractivity contribution in [1.29, 1.82) is 0 Å².